The lowest BCUT2D eigenvalue weighted by Crippen LogP contribution is -2.47. The molecule has 0 aliphatic carbocycles. The maximum atomic E-state index is 13.0. The number of amides is 1. The summed E-state index contributed by atoms with van der Waals surface area (Å²) in [6.07, 6.45) is 0.735. The van der Waals surface area contributed by atoms with E-state index >= 15 is 0 Å². The number of nitriles is 1. The molecule has 1 amide bonds. The summed E-state index contributed by atoms with van der Waals surface area (Å²) in [7, 11) is 9.82. The van der Waals surface area contributed by atoms with Gasteiger partial charge < -0.3 is 23.8 Å². The molecule has 8 heteroatoms. The van der Waals surface area contributed by atoms with E-state index in [0.717, 1.165) is 12.0 Å². The average Bonchev–Trinajstić information content (AvgIpc) is 2.85. The van der Waals surface area contributed by atoms with Gasteiger partial charge in [-0.2, -0.15) is 5.26 Å². The molecule has 0 heterocycles. The van der Waals surface area contributed by atoms with Gasteiger partial charge in [-0.15, -0.1) is 0 Å². The van der Waals surface area contributed by atoms with E-state index in [9.17, 15) is 10.1 Å². The number of likely N-dealkylation sites (N-methyl/N-ethyl adjacent to an activating group) is 2. The zero-order valence-corrected chi connectivity index (χ0v) is 20.5. The molecular weight excluding hydrogens is 422 g/mol. The highest BCUT2D eigenvalue weighted by atomic mass is 16.5. The lowest BCUT2D eigenvalue weighted by Gasteiger charge is -2.34. The van der Waals surface area contributed by atoms with Crippen LogP contribution in [-0.2, 0) is 16.8 Å². The highest BCUT2D eigenvalue weighted by Gasteiger charge is 2.35. The fraction of sp³-hybridized carbons (Fsp3) is 0.440. The molecule has 0 saturated heterocycles. The first-order valence-electron chi connectivity index (χ1n) is 10.5. The summed E-state index contributed by atoms with van der Waals surface area (Å²) in [4.78, 5) is 16.5. The fourth-order valence-electron chi connectivity index (χ4n) is 3.49. The van der Waals surface area contributed by atoms with Crippen LogP contribution in [0.2, 0.25) is 0 Å². The predicted molar refractivity (Wildman–Crippen MR) is 126 cm³/mol. The van der Waals surface area contributed by atoms with Gasteiger partial charge in [0, 0.05) is 13.6 Å². The highest BCUT2D eigenvalue weighted by Crippen LogP contribution is 2.34. The number of ether oxygens (including phenoxy) is 4. The number of benzene rings is 2. The monoisotopic (exact) mass is 455 g/mol. The third-order valence-corrected chi connectivity index (χ3v) is 5.84. The maximum absolute atomic E-state index is 13.0. The summed E-state index contributed by atoms with van der Waals surface area (Å²) < 4.78 is 21.3. The van der Waals surface area contributed by atoms with Crippen LogP contribution in [0, 0.1) is 11.3 Å². The summed E-state index contributed by atoms with van der Waals surface area (Å²) >= 11 is 0. The number of methoxy groups -OCH3 is 4. The number of rotatable bonds is 11. The van der Waals surface area contributed by atoms with Crippen molar-refractivity contribution in [2.24, 2.45) is 0 Å². The Bertz CT molecular complexity index is 1000. The number of hydrogen-bond acceptors (Lipinski definition) is 7. The standard InChI is InChI=1S/C25H33N3O5/c1-25(17-26,19-9-11-21(31-5)23(15-19)33-7)28(3)24(29)16-27(2)13-12-18-8-10-20(30-4)22(14-18)32-6/h8-11,14-15H,12-13,16H2,1-7H3. The highest BCUT2D eigenvalue weighted by molar-refractivity contribution is 5.79. The normalized spacial score (nSPS) is 12.5. The van der Waals surface area contributed by atoms with Crippen LogP contribution in [0.5, 0.6) is 23.0 Å². The minimum absolute atomic E-state index is 0.163. The van der Waals surface area contributed by atoms with Crippen LogP contribution in [-0.4, -0.2) is 71.3 Å². The van der Waals surface area contributed by atoms with Gasteiger partial charge in [-0.3, -0.25) is 9.69 Å². The smallest absolute Gasteiger partial charge is 0.238 e. The van der Waals surface area contributed by atoms with E-state index in [-0.39, 0.29) is 12.5 Å². The van der Waals surface area contributed by atoms with Crippen molar-refractivity contribution >= 4 is 5.91 Å². The van der Waals surface area contributed by atoms with E-state index in [1.165, 1.54) is 12.0 Å². The molecule has 8 nitrogen and oxygen atoms in total. The zero-order chi connectivity index (χ0) is 24.6. The van der Waals surface area contributed by atoms with Crippen LogP contribution < -0.4 is 18.9 Å². The van der Waals surface area contributed by atoms with Crippen LogP contribution in [0.25, 0.3) is 0 Å². The van der Waals surface area contributed by atoms with Gasteiger partial charge in [0.1, 0.15) is 0 Å². The van der Waals surface area contributed by atoms with Crippen molar-refractivity contribution in [3.63, 3.8) is 0 Å². The second kappa shape index (κ2) is 11.4. The van der Waals surface area contributed by atoms with Crippen molar-refractivity contribution in [2.45, 2.75) is 18.9 Å². The van der Waals surface area contributed by atoms with Gasteiger partial charge in [0.2, 0.25) is 5.91 Å². The summed E-state index contributed by atoms with van der Waals surface area (Å²) in [5.41, 5.74) is 0.555. The van der Waals surface area contributed by atoms with Gasteiger partial charge in [0.15, 0.2) is 28.5 Å². The van der Waals surface area contributed by atoms with Crippen LogP contribution in [0.15, 0.2) is 36.4 Å². The Kier molecular flexibility index (Phi) is 8.94. The predicted octanol–water partition coefficient (Wildman–Crippen LogP) is 3.09. The second-order valence-corrected chi connectivity index (χ2v) is 7.88. The quantitative estimate of drug-likeness (QED) is 0.515. The summed E-state index contributed by atoms with van der Waals surface area (Å²) in [5.74, 6) is 2.25. The molecule has 0 saturated carbocycles. The molecule has 1 atom stereocenters. The van der Waals surface area contributed by atoms with E-state index in [2.05, 4.69) is 6.07 Å². The molecule has 0 fully saturated rings. The lowest BCUT2D eigenvalue weighted by molar-refractivity contribution is -0.134. The molecule has 0 aliphatic heterocycles. The Morgan fingerprint density at radius 3 is 2.00 bits per heavy atom. The molecular formula is C25H33N3O5. The average molecular weight is 456 g/mol. The lowest BCUT2D eigenvalue weighted by atomic mass is 9.91. The topological polar surface area (TPSA) is 84.3 Å². The fourth-order valence-corrected chi connectivity index (χ4v) is 3.49. The summed E-state index contributed by atoms with van der Waals surface area (Å²) in [6, 6.07) is 13.3. The third-order valence-electron chi connectivity index (χ3n) is 5.84. The number of carbonyl (C=O) groups excluding carboxylic acids is 1. The molecule has 2 rings (SSSR count). The Labute approximate surface area is 196 Å². The van der Waals surface area contributed by atoms with E-state index < -0.39 is 5.54 Å². The van der Waals surface area contributed by atoms with Crippen LogP contribution in [0.3, 0.4) is 0 Å². The zero-order valence-electron chi connectivity index (χ0n) is 20.5. The number of nitrogens with zero attached hydrogens (tertiary/aromatic N) is 3. The largest absolute Gasteiger partial charge is 0.493 e. The van der Waals surface area contributed by atoms with E-state index in [1.54, 1.807) is 53.5 Å². The number of carbonyl (C=O) groups is 1. The molecule has 0 N–H and O–H groups in total. The summed E-state index contributed by atoms with van der Waals surface area (Å²) in [5, 5.41) is 9.97. The van der Waals surface area contributed by atoms with Gasteiger partial charge in [-0.1, -0.05) is 12.1 Å². The first-order valence-corrected chi connectivity index (χ1v) is 10.5. The Morgan fingerprint density at radius 2 is 1.45 bits per heavy atom. The van der Waals surface area contributed by atoms with E-state index in [0.29, 0.717) is 35.1 Å². The first-order chi connectivity index (χ1) is 15.7. The minimum atomic E-state index is -1.17. The molecule has 2 aromatic rings. The summed E-state index contributed by atoms with van der Waals surface area (Å²) in [6.45, 7) is 2.55. The van der Waals surface area contributed by atoms with Gasteiger partial charge in [-0.05, 0) is 55.8 Å². The molecule has 1 unspecified atom stereocenters. The van der Waals surface area contributed by atoms with E-state index in [4.69, 9.17) is 18.9 Å². The minimum Gasteiger partial charge on any atom is -0.493 e. The van der Waals surface area contributed by atoms with Crippen LogP contribution >= 0.6 is 0 Å². The molecule has 178 valence electrons. The third kappa shape index (κ3) is 5.88. The molecule has 0 aliphatic rings. The Morgan fingerprint density at radius 1 is 0.909 bits per heavy atom. The SMILES string of the molecule is COc1ccc(CCN(C)CC(=O)N(C)C(C)(C#N)c2ccc(OC)c(OC)c2)cc1OC. The van der Waals surface area contributed by atoms with Crippen molar-refractivity contribution in [1.29, 1.82) is 5.26 Å². The Balaban J connectivity index is 2.08. The van der Waals surface area contributed by atoms with Crippen LogP contribution in [0.1, 0.15) is 18.1 Å². The van der Waals surface area contributed by atoms with Gasteiger partial charge in [0.05, 0.1) is 41.1 Å². The van der Waals surface area contributed by atoms with Gasteiger partial charge >= 0.3 is 0 Å². The Hall–Kier alpha value is -3.44. The van der Waals surface area contributed by atoms with Crippen LogP contribution in [0.4, 0.5) is 0 Å². The van der Waals surface area contributed by atoms with Gasteiger partial charge in [-0.25, -0.2) is 0 Å². The molecule has 0 bridgehead atoms. The van der Waals surface area contributed by atoms with Crippen molar-refractivity contribution in [3.8, 4) is 29.1 Å². The maximum Gasteiger partial charge on any atom is 0.238 e. The first kappa shape index (κ1) is 25.8. The van der Waals surface area contributed by atoms with Crippen molar-refractivity contribution in [1.82, 2.24) is 9.80 Å². The molecule has 0 spiro atoms. The molecule has 0 aromatic heterocycles. The molecule has 33 heavy (non-hydrogen) atoms. The molecule has 0 radical (unpaired) electrons. The van der Waals surface area contributed by atoms with E-state index in [1.807, 2.05) is 30.1 Å². The van der Waals surface area contributed by atoms with Crippen molar-refractivity contribution in [2.75, 3.05) is 55.6 Å². The van der Waals surface area contributed by atoms with Crippen molar-refractivity contribution < 1.29 is 23.7 Å². The van der Waals surface area contributed by atoms with Gasteiger partial charge in [0.25, 0.3) is 0 Å². The molecule has 2 aromatic carbocycles. The van der Waals surface area contributed by atoms with Crippen molar-refractivity contribution in [3.05, 3.63) is 47.5 Å². The second-order valence-electron chi connectivity index (χ2n) is 7.88. The number of hydrogen-bond donors (Lipinski definition) is 0.